The number of benzene rings is 2. The van der Waals surface area contributed by atoms with E-state index in [2.05, 4.69) is 45.9 Å². The number of nitrogens with one attached hydrogen (secondary N) is 3. The highest BCUT2D eigenvalue weighted by Crippen LogP contribution is 2.33. The van der Waals surface area contributed by atoms with Crippen molar-refractivity contribution in [2.75, 3.05) is 42.9 Å². The van der Waals surface area contributed by atoms with E-state index in [0.717, 1.165) is 86.3 Å². The average molecular weight is 887 g/mol. The Morgan fingerprint density at radius 2 is 1.69 bits per heavy atom. The molecule has 3 fully saturated rings. The van der Waals surface area contributed by atoms with Crippen molar-refractivity contribution in [2.24, 2.45) is 5.92 Å². The maximum absolute atomic E-state index is 15.1. The third-order valence-corrected chi connectivity index (χ3v) is 12.8. The summed E-state index contributed by atoms with van der Waals surface area (Å²) in [5.74, 6) is -1.41. The summed E-state index contributed by atoms with van der Waals surface area (Å²) < 4.78 is 22.2. The predicted octanol–water partition coefficient (Wildman–Crippen LogP) is 5.10. The molecule has 4 aliphatic heterocycles. The fourth-order valence-corrected chi connectivity index (χ4v) is 9.03. The van der Waals surface area contributed by atoms with Crippen LogP contribution in [-0.4, -0.2) is 108 Å². The Labute approximate surface area is 374 Å². The molecule has 338 valence electrons. The Balaban J connectivity index is 0.737. The number of imide groups is 2. The van der Waals surface area contributed by atoms with E-state index in [-0.39, 0.29) is 53.9 Å². The van der Waals surface area contributed by atoms with Crippen molar-refractivity contribution >= 4 is 47.0 Å². The number of aryl methyl sites for hydroxylation is 1. The first-order chi connectivity index (χ1) is 31.2. The number of fused-ring (bicyclic) bond motifs is 1. The van der Waals surface area contributed by atoms with Crippen LogP contribution in [0.1, 0.15) is 114 Å². The van der Waals surface area contributed by atoms with Gasteiger partial charge in [-0.25, -0.2) is 14.4 Å². The van der Waals surface area contributed by atoms with Gasteiger partial charge in [-0.05, 0) is 80.3 Å². The van der Waals surface area contributed by atoms with Crippen LogP contribution in [0, 0.1) is 18.7 Å². The summed E-state index contributed by atoms with van der Waals surface area (Å²) in [5.41, 5.74) is 3.48. The maximum atomic E-state index is 15.1. The molecule has 5 amide bonds. The molecule has 5 aromatic rings. The molecule has 0 aliphatic carbocycles. The Hall–Kier alpha value is -6.89. The first-order valence-electron chi connectivity index (χ1n) is 22.1. The van der Waals surface area contributed by atoms with Gasteiger partial charge in [0.1, 0.15) is 11.7 Å². The van der Waals surface area contributed by atoms with Gasteiger partial charge >= 0.3 is 11.8 Å². The number of nitrogens with zero attached hydrogens (tertiary/aromatic N) is 9. The van der Waals surface area contributed by atoms with E-state index >= 15 is 4.39 Å². The number of rotatable bonds is 11. The summed E-state index contributed by atoms with van der Waals surface area (Å²) in [7, 11) is 0. The van der Waals surface area contributed by atoms with Crippen LogP contribution in [0.3, 0.4) is 0 Å². The maximum Gasteiger partial charge on any atom is 0.315 e. The van der Waals surface area contributed by atoms with Crippen molar-refractivity contribution in [3.8, 4) is 11.3 Å². The van der Waals surface area contributed by atoms with Crippen LogP contribution in [0.25, 0.3) is 11.3 Å². The molecular formula is C46H51FN12O6. The third kappa shape index (κ3) is 9.09. The molecule has 1 atom stereocenters. The molecule has 3 saturated heterocycles. The van der Waals surface area contributed by atoms with Crippen LogP contribution in [0.4, 0.5) is 21.8 Å². The molecule has 0 radical (unpaired) electrons. The summed E-state index contributed by atoms with van der Waals surface area (Å²) >= 11 is 0. The molecular weight excluding hydrogens is 836 g/mol. The highest BCUT2D eigenvalue weighted by Gasteiger charge is 2.45. The molecule has 0 bridgehead atoms. The molecule has 7 heterocycles. The van der Waals surface area contributed by atoms with Crippen molar-refractivity contribution in [3.05, 3.63) is 94.6 Å². The smallest absolute Gasteiger partial charge is 0.315 e. The second-order valence-corrected chi connectivity index (χ2v) is 18.3. The first-order valence-corrected chi connectivity index (χ1v) is 22.1. The van der Waals surface area contributed by atoms with Crippen LogP contribution in [0.5, 0.6) is 0 Å². The van der Waals surface area contributed by atoms with Crippen LogP contribution < -0.4 is 20.9 Å². The van der Waals surface area contributed by atoms with Crippen LogP contribution in [0.2, 0.25) is 0 Å². The van der Waals surface area contributed by atoms with Gasteiger partial charge in [0.2, 0.25) is 17.8 Å². The van der Waals surface area contributed by atoms with Gasteiger partial charge in [-0.15, -0.1) is 0 Å². The molecule has 0 saturated carbocycles. The number of amides is 5. The quantitative estimate of drug-likeness (QED) is 0.147. The lowest BCUT2D eigenvalue weighted by atomic mass is 9.94. The van der Waals surface area contributed by atoms with E-state index in [4.69, 9.17) is 9.62 Å². The molecule has 65 heavy (non-hydrogen) atoms. The number of hydrogen-bond acceptors (Lipinski definition) is 14. The van der Waals surface area contributed by atoms with E-state index in [1.54, 1.807) is 18.2 Å². The molecule has 19 heteroatoms. The van der Waals surface area contributed by atoms with Gasteiger partial charge in [-0.3, -0.25) is 38.9 Å². The minimum Gasteiger partial charge on any atom is -0.371 e. The van der Waals surface area contributed by atoms with E-state index < -0.39 is 41.4 Å². The van der Waals surface area contributed by atoms with Gasteiger partial charge in [0.25, 0.3) is 11.8 Å². The lowest BCUT2D eigenvalue weighted by Gasteiger charge is -2.38. The standard InChI is InChI=1S/C46H51FN12O6/c1-26-21-28(5-6-29(26)23-48-40(62)41-53-44(55-65-41)46(2,3)4)38-34(47)24-49-45(52-38)50-36-15-20-58(54-36)30-13-16-56(17-14-30)25-27-11-18-57(19-12-27)31-7-8-32-33(22-31)43(64)59(42(32)63)35-9-10-37(60)51-39(35)61/h5-8,15,20-22,24,27,30,35H,9-14,16-19,23,25H2,1-4H3,(H,48,62)(H,51,60,61)(H,49,50,52,54). The van der Waals surface area contributed by atoms with Crippen molar-refractivity contribution in [2.45, 2.75) is 90.3 Å². The van der Waals surface area contributed by atoms with Crippen LogP contribution >= 0.6 is 0 Å². The minimum atomic E-state index is -0.983. The highest BCUT2D eigenvalue weighted by atomic mass is 19.1. The molecule has 2 aromatic carbocycles. The van der Waals surface area contributed by atoms with Crippen molar-refractivity contribution in [1.82, 2.24) is 50.3 Å². The van der Waals surface area contributed by atoms with Gasteiger partial charge in [0.15, 0.2) is 17.5 Å². The number of hydrogen-bond donors (Lipinski definition) is 3. The van der Waals surface area contributed by atoms with E-state index in [0.29, 0.717) is 28.7 Å². The van der Waals surface area contributed by atoms with Crippen molar-refractivity contribution < 1.29 is 32.9 Å². The zero-order valence-electron chi connectivity index (χ0n) is 36.8. The molecule has 3 aromatic heterocycles. The Morgan fingerprint density at radius 3 is 2.42 bits per heavy atom. The second kappa shape index (κ2) is 17.6. The summed E-state index contributed by atoms with van der Waals surface area (Å²) in [6, 6.07) is 11.8. The minimum absolute atomic E-state index is 0.0830. The Kier molecular flexibility index (Phi) is 11.7. The summed E-state index contributed by atoms with van der Waals surface area (Å²) in [6.07, 6.45) is 7.19. The first kappa shape index (κ1) is 43.4. The summed E-state index contributed by atoms with van der Waals surface area (Å²) in [5, 5.41) is 16.9. The number of piperidine rings is 3. The number of carbonyl (C=O) groups is 5. The molecule has 3 N–H and O–H groups in total. The highest BCUT2D eigenvalue weighted by molar-refractivity contribution is 6.23. The lowest BCUT2D eigenvalue weighted by Crippen LogP contribution is -2.54. The third-order valence-electron chi connectivity index (χ3n) is 12.8. The second-order valence-electron chi connectivity index (χ2n) is 18.3. The summed E-state index contributed by atoms with van der Waals surface area (Å²) in [4.78, 5) is 81.9. The number of likely N-dealkylation sites (tertiary alicyclic amines) is 1. The van der Waals surface area contributed by atoms with Gasteiger partial charge in [-0.2, -0.15) is 10.1 Å². The number of halogens is 1. The summed E-state index contributed by atoms with van der Waals surface area (Å²) in [6.45, 7) is 12.5. The van der Waals surface area contributed by atoms with E-state index in [9.17, 15) is 24.0 Å². The fourth-order valence-electron chi connectivity index (χ4n) is 9.03. The van der Waals surface area contributed by atoms with Crippen molar-refractivity contribution in [1.29, 1.82) is 0 Å². The normalized spacial score (nSPS) is 18.9. The van der Waals surface area contributed by atoms with E-state index in [1.165, 1.54) is 0 Å². The SMILES string of the molecule is Cc1cc(-c2nc(Nc3ccn(C4CCN(CC5CCN(c6ccc7c(c6)C(=O)N(C6CCC(=O)NC6=O)C7=O)CC5)CC4)n3)ncc2F)ccc1CNC(=O)c1nc(C(C)(C)C)no1. The fraction of sp³-hybridized carbons (Fsp3) is 0.435. The number of carbonyl (C=O) groups excluding carboxylic acids is 5. The van der Waals surface area contributed by atoms with Gasteiger partial charge < -0.3 is 25.0 Å². The number of anilines is 3. The molecule has 4 aliphatic rings. The average Bonchev–Trinajstić information content (AvgIpc) is 4.04. The van der Waals surface area contributed by atoms with Gasteiger partial charge in [-0.1, -0.05) is 38.1 Å². The predicted molar refractivity (Wildman–Crippen MR) is 235 cm³/mol. The monoisotopic (exact) mass is 886 g/mol. The number of aromatic nitrogens is 6. The van der Waals surface area contributed by atoms with Crippen LogP contribution in [0.15, 0.2) is 59.4 Å². The van der Waals surface area contributed by atoms with Gasteiger partial charge in [0.05, 0.1) is 23.4 Å². The van der Waals surface area contributed by atoms with Crippen molar-refractivity contribution in [3.63, 3.8) is 0 Å². The largest absolute Gasteiger partial charge is 0.371 e. The zero-order chi connectivity index (χ0) is 45.6. The topological polar surface area (TPSA) is 214 Å². The van der Waals surface area contributed by atoms with Crippen LogP contribution in [-0.2, 0) is 21.5 Å². The Morgan fingerprint density at radius 1 is 0.923 bits per heavy atom. The lowest BCUT2D eigenvalue weighted by molar-refractivity contribution is -0.136. The van der Waals surface area contributed by atoms with E-state index in [1.807, 2.05) is 62.8 Å². The van der Waals surface area contributed by atoms with Gasteiger partial charge in [0, 0.05) is 74.6 Å². The molecule has 9 rings (SSSR count). The molecule has 18 nitrogen and oxygen atoms in total. The Bertz CT molecular complexity index is 2680. The zero-order valence-corrected chi connectivity index (χ0v) is 36.8. The molecule has 1 unspecified atom stereocenters. The molecule has 0 spiro atoms.